The number of ether oxygens (including phenoxy) is 6. The minimum absolute atomic E-state index is 0.120. The first-order valence-electron chi connectivity index (χ1n) is 11.0. The highest BCUT2D eigenvalue weighted by molar-refractivity contribution is 5.92. The Morgan fingerprint density at radius 3 is 1.97 bits per heavy atom. The van der Waals surface area contributed by atoms with Crippen molar-refractivity contribution in [3.05, 3.63) is 41.5 Å². The molecule has 0 saturated carbocycles. The standard InChI is InChI=1S/C24H26O14/c1-33-13-6-10(22(29)30)4-5-12(13)37-24(32)21-20(19(28)18(27)16(9-25)36-21)38-23(31)11-7-14(34-2)17(26)15(8-11)35-3/h4-8,16,18-21,25-28H,9H2,1-3H3,(H,29,30). The second-order valence-corrected chi connectivity index (χ2v) is 7.95. The van der Waals surface area contributed by atoms with Gasteiger partial charge in [-0.05, 0) is 30.3 Å². The number of rotatable bonds is 9. The van der Waals surface area contributed by atoms with Crippen LogP contribution in [0.1, 0.15) is 20.7 Å². The number of aromatic carboxylic acids is 1. The number of phenols is 1. The van der Waals surface area contributed by atoms with Crippen molar-refractivity contribution in [2.45, 2.75) is 30.5 Å². The number of aliphatic hydroxyl groups excluding tert-OH is 3. The van der Waals surface area contributed by atoms with Gasteiger partial charge in [0.25, 0.3) is 0 Å². The predicted octanol–water partition coefficient (Wildman–Crippen LogP) is -0.271. The van der Waals surface area contributed by atoms with Crippen LogP contribution in [0.15, 0.2) is 30.3 Å². The van der Waals surface area contributed by atoms with Crippen molar-refractivity contribution >= 4 is 17.9 Å². The van der Waals surface area contributed by atoms with E-state index in [0.717, 1.165) is 30.3 Å². The number of hydrogen-bond donors (Lipinski definition) is 5. The van der Waals surface area contributed by atoms with E-state index >= 15 is 0 Å². The zero-order valence-electron chi connectivity index (χ0n) is 20.4. The molecule has 38 heavy (non-hydrogen) atoms. The molecule has 5 N–H and O–H groups in total. The molecule has 2 aromatic carbocycles. The molecule has 0 radical (unpaired) electrons. The number of carboxylic acid groups (broad SMARTS) is 1. The van der Waals surface area contributed by atoms with Crippen molar-refractivity contribution in [1.82, 2.24) is 0 Å². The van der Waals surface area contributed by atoms with Crippen molar-refractivity contribution in [2.24, 2.45) is 0 Å². The van der Waals surface area contributed by atoms with E-state index in [4.69, 9.17) is 33.5 Å². The number of carboxylic acids is 1. The van der Waals surface area contributed by atoms with E-state index < -0.39 is 60.8 Å². The van der Waals surface area contributed by atoms with Crippen LogP contribution in [0.3, 0.4) is 0 Å². The largest absolute Gasteiger partial charge is 0.502 e. The third kappa shape index (κ3) is 5.73. The molecule has 0 spiro atoms. The zero-order valence-corrected chi connectivity index (χ0v) is 20.4. The summed E-state index contributed by atoms with van der Waals surface area (Å²) < 4.78 is 31.1. The fourth-order valence-electron chi connectivity index (χ4n) is 3.67. The van der Waals surface area contributed by atoms with Crippen molar-refractivity contribution in [1.29, 1.82) is 0 Å². The molecule has 1 heterocycles. The van der Waals surface area contributed by atoms with Gasteiger partial charge < -0.3 is 54.0 Å². The molecule has 0 amide bonds. The molecule has 1 fully saturated rings. The fraction of sp³-hybridized carbons (Fsp3) is 0.375. The van der Waals surface area contributed by atoms with Gasteiger partial charge in [-0.2, -0.15) is 0 Å². The highest BCUT2D eigenvalue weighted by atomic mass is 16.6. The summed E-state index contributed by atoms with van der Waals surface area (Å²) in [6.07, 6.45) is -8.78. The normalized spacial score (nSPS) is 22.7. The SMILES string of the molecule is COc1cc(C(=O)O)ccc1OC(=O)C1OC(CO)C(O)C(O)C1OC(=O)c1cc(OC)c(O)c(OC)c1. The van der Waals surface area contributed by atoms with Crippen molar-refractivity contribution in [2.75, 3.05) is 27.9 Å². The molecule has 1 aliphatic heterocycles. The number of benzene rings is 2. The van der Waals surface area contributed by atoms with Gasteiger partial charge in [0.15, 0.2) is 35.2 Å². The molecule has 0 bridgehead atoms. The van der Waals surface area contributed by atoms with Crippen LogP contribution in [0, 0.1) is 0 Å². The molecule has 2 aromatic rings. The molecule has 0 aliphatic carbocycles. The Morgan fingerprint density at radius 2 is 1.45 bits per heavy atom. The fourth-order valence-corrected chi connectivity index (χ4v) is 3.67. The van der Waals surface area contributed by atoms with E-state index in [9.17, 15) is 34.8 Å². The topological polar surface area (TPSA) is 208 Å². The first-order valence-corrected chi connectivity index (χ1v) is 11.0. The smallest absolute Gasteiger partial charge is 0.344 e. The summed E-state index contributed by atoms with van der Waals surface area (Å²) in [5, 5.41) is 49.7. The molecule has 3 rings (SSSR count). The predicted molar refractivity (Wildman–Crippen MR) is 124 cm³/mol. The molecule has 0 aromatic heterocycles. The number of hydrogen-bond acceptors (Lipinski definition) is 13. The van der Waals surface area contributed by atoms with Gasteiger partial charge in [-0.1, -0.05) is 0 Å². The maximum absolute atomic E-state index is 13.1. The monoisotopic (exact) mass is 538 g/mol. The van der Waals surface area contributed by atoms with Gasteiger partial charge in [0, 0.05) is 0 Å². The molecule has 1 aliphatic rings. The lowest BCUT2D eigenvalue weighted by Crippen LogP contribution is -2.62. The highest BCUT2D eigenvalue weighted by Gasteiger charge is 2.50. The lowest BCUT2D eigenvalue weighted by Gasteiger charge is -2.40. The number of methoxy groups -OCH3 is 3. The lowest BCUT2D eigenvalue weighted by molar-refractivity contribution is -0.232. The van der Waals surface area contributed by atoms with Crippen LogP contribution in [0.25, 0.3) is 0 Å². The Balaban J connectivity index is 1.92. The average molecular weight is 538 g/mol. The summed E-state index contributed by atoms with van der Waals surface area (Å²) in [6.45, 7) is -0.800. The van der Waals surface area contributed by atoms with Crippen LogP contribution in [0.5, 0.6) is 28.7 Å². The zero-order chi connectivity index (χ0) is 28.1. The highest BCUT2D eigenvalue weighted by Crippen LogP contribution is 2.38. The van der Waals surface area contributed by atoms with E-state index in [2.05, 4.69) is 0 Å². The van der Waals surface area contributed by atoms with Crippen LogP contribution in [0.2, 0.25) is 0 Å². The molecule has 206 valence electrons. The minimum atomic E-state index is -1.90. The van der Waals surface area contributed by atoms with Crippen LogP contribution in [-0.4, -0.2) is 102 Å². The van der Waals surface area contributed by atoms with Gasteiger partial charge in [0.1, 0.15) is 18.3 Å². The third-order valence-corrected chi connectivity index (χ3v) is 5.68. The summed E-state index contributed by atoms with van der Waals surface area (Å²) in [5.41, 5.74) is -0.360. The van der Waals surface area contributed by atoms with Crippen LogP contribution >= 0.6 is 0 Å². The van der Waals surface area contributed by atoms with Crippen molar-refractivity contribution in [3.8, 4) is 28.7 Å². The molecule has 1 saturated heterocycles. The first-order chi connectivity index (χ1) is 18.1. The molecular formula is C24H26O14. The number of carbonyl (C=O) groups excluding carboxylic acids is 2. The lowest BCUT2D eigenvalue weighted by atomic mass is 9.94. The van der Waals surface area contributed by atoms with E-state index in [-0.39, 0.29) is 34.1 Å². The molecule has 5 unspecified atom stereocenters. The maximum atomic E-state index is 13.1. The Hall–Kier alpha value is -4.11. The number of esters is 2. The third-order valence-electron chi connectivity index (χ3n) is 5.68. The Kier molecular flexibility index (Phi) is 8.96. The maximum Gasteiger partial charge on any atom is 0.344 e. The van der Waals surface area contributed by atoms with Crippen molar-refractivity contribution in [3.63, 3.8) is 0 Å². The van der Waals surface area contributed by atoms with Gasteiger partial charge in [-0.3, -0.25) is 0 Å². The van der Waals surface area contributed by atoms with E-state index in [1.54, 1.807) is 0 Å². The summed E-state index contributed by atoms with van der Waals surface area (Å²) in [7, 11) is 3.68. The average Bonchev–Trinajstić information content (AvgIpc) is 2.91. The van der Waals surface area contributed by atoms with E-state index in [1.807, 2.05) is 0 Å². The van der Waals surface area contributed by atoms with Gasteiger partial charge in [0.2, 0.25) is 5.75 Å². The molecule has 14 nitrogen and oxygen atoms in total. The Bertz CT molecular complexity index is 1170. The van der Waals surface area contributed by atoms with Crippen molar-refractivity contribution < 1.29 is 68.3 Å². The van der Waals surface area contributed by atoms with Crippen LogP contribution in [-0.2, 0) is 14.3 Å². The second kappa shape index (κ2) is 12.0. The molecular weight excluding hydrogens is 512 g/mol. The van der Waals surface area contributed by atoms with Gasteiger partial charge in [0.05, 0.1) is 39.1 Å². The van der Waals surface area contributed by atoms with Gasteiger partial charge >= 0.3 is 17.9 Å². The number of aliphatic hydroxyl groups is 3. The van der Waals surface area contributed by atoms with Crippen LogP contribution in [0.4, 0.5) is 0 Å². The Morgan fingerprint density at radius 1 is 0.868 bits per heavy atom. The molecule has 5 atom stereocenters. The quantitative estimate of drug-likeness (QED) is 0.206. The summed E-state index contributed by atoms with van der Waals surface area (Å²) in [6, 6.07) is 5.63. The van der Waals surface area contributed by atoms with E-state index in [0.29, 0.717) is 0 Å². The van der Waals surface area contributed by atoms with Crippen LogP contribution < -0.4 is 18.9 Å². The van der Waals surface area contributed by atoms with Gasteiger partial charge in [-0.15, -0.1) is 0 Å². The first kappa shape index (κ1) is 28.5. The Labute approximate surface area is 215 Å². The number of phenolic OH excluding ortho intramolecular Hbond substituents is 1. The van der Waals surface area contributed by atoms with E-state index in [1.165, 1.54) is 21.3 Å². The summed E-state index contributed by atoms with van der Waals surface area (Å²) >= 11 is 0. The summed E-state index contributed by atoms with van der Waals surface area (Å²) in [4.78, 5) is 37.2. The molecule has 14 heteroatoms. The van der Waals surface area contributed by atoms with Gasteiger partial charge in [-0.25, -0.2) is 14.4 Å². The number of carbonyl (C=O) groups is 3. The second-order valence-electron chi connectivity index (χ2n) is 7.95. The summed E-state index contributed by atoms with van der Waals surface area (Å²) in [5.74, 6) is -4.59. The minimum Gasteiger partial charge on any atom is -0.502 e. The number of aromatic hydroxyl groups is 1.